The van der Waals surface area contributed by atoms with Crippen LogP contribution in [0.1, 0.15) is 25.5 Å². The Balaban J connectivity index is 1.54. The minimum atomic E-state index is -3.86. The lowest BCUT2D eigenvalue weighted by Gasteiger charge is -2.22. The monoisotopic (exact) mass is 435 g/mol. The number of aromatic nitrogens is 1. The van der Waals surface area contributed by atoms with Gasteiger partial charge in [0.05, 0.1) is 4.90 Å². The van der Waals surface area contributed by atoms with Gasteiger partial charge in [0.15, 0.2) is 5.82 Å². The number of nitrogens with one attached hydrogen (secondary N) is 3. The summed E-state index contributed by atoms with van der Waals surface area (Å²) in [7, 11) is -3.86. The summed E-state index contributed by atoms with van der Waals surface area (Å²) in [6.45, 7) is 6.05. The first kappa shape index (κ1) is 21.8. The molecule has 0 bridgehead atoms. The van der Waals surface area contributed by atoms with Gasteiger partial charge >= 0.3 is 11.8 Å². The van der Waals surface area contributed by atoms with Crippen molar-refractivity contribution >= 4 is 33.3 Å². The number of hydrogen-bond acceptors (Lipinski definition) is 7. The van der Waals surface area contributed by atoms with E-state index in [9.17, 15) is 18.0 Å². The summed E-state index contributed by atoms with van der Waals surface area (Å²) in [6.07, 6.45) is 2.08. The molecule has 1 aromatic carbocycles. The van der Waals surface area contributed by atoms with Gasteiger partial charge in [0, 0.05) is 24.3 Å². The predicted octanol–water partition coefficient (Wildman–Crippen LogP) is 1.32. The van der Waals surface area contributed by atoms with E-state index in [1.54, 1.807) is 6.92 Å². The third-order valence-electron chi connectivity index (χ3n) is 4.90. The molecule has 0 aliphatic carbocycles. The summed E-state index contributed by atoms with van der Waals surface area (Å²) >= 11 is 0. The molecule has 1 fully saturated rings. The Labute approximate surface area is 175 Å². The van der Waals surface area contributed by atoms with Gasteiger partial charge in [-0.1, -0.05) is 12.1 Å². The van der Waals surface area contributed by atoms with E-state index in [2.05, 4.69) is 32.3 Å². The van der Waals surface area contributed by atoms with Crippen molar-refractivity contribution in [2.45, 2.75) is 37.6 Å². The first-order valence-electron chi connectivity index (χ1n) is 9.68. The van der Waals surface area contributed by atoms with Gasteiger partial charge in [-0.2, -0.15) is 0 Å². The maximum atomic E-state index is 12.4. The number of nitrogens with zero attached hydrogens (tertiary/aromatic N) is 2. The average Bonchev–Trinajstić information content (AvgIpc) is 3.34. The van der Waals surface area contributed by atoms with Gasteiger partial charge in [-0.3, -0.25) is 19.2 Å². The fourth-order valence-electron chi connectivity index (χ4n) is 3.35. The number of sulfonamides is 1. The van der Waals surface area contributed by atoms with Crippen LogP contribution in [0.2, 0.25) is 0 Å². The van der Waals surface area contributed by atoms with Crippen LogP contribution >= 0.6 is 0 Å². The number of likely N-dealkylation sites (N-methyl/N-ethyl adjacent to an activating group) is 1. The third kappa shape index (κ3) is 5.36. The molecule has 0 unspecified atom stereocenters. The zero-order chi connectivity index (χ0) is 21.7. The van der Waals surface area contributed by atoms with Crippen molar-refractivity contribution in [3.05, 3.63) is 36.1 Å². The molecule has 10 nitrogen and oxygen atoms in total. The number of likely N-dealkylation sites (tertiary alicyclic amines) is 1. The van der Waals surface area contributed by atoms with Crippen molar-refractivity contribution in [1.82, 2.24) is 15.4 Å². The highest BCUT2D eigenvalue weighted by atomic mass is 32.2. The molecule has 2 amide bonds. The molecule has 3 N–H and O–H groups in total. The highest BCUT2D eigenvalue weighted by molar-refractivity contribution is 7.92. The molecule has 0 saturated carbocycles. The van der Waals surface area contributed by atoms with Crippen LogP contribution in [0.4, 0.5) is 11.5 Å². The van der Waals surface area contributed by atoms with Gasteiger partial charge < -0.3 is 15.2 Å². The molecule has 30 heavy (non-hydrogen) atoms. The van der Waals surface area contributed by atoms with Crippen molar-refractivity contribution in [2.24, 2.45) is 0 Å². The van der Waals surface area contributed by atoms with Crippen LogP contribution in [-0.4, -0.2) is 56.0 Å². The Kier molecular flexibility index (Phi) is 6.73. The lowest BCUT2D eigenvalue weighted by atomic mass is 10.2. The predicted molar refractivity (Wildman–Crippen MR) is 110 cm³/mol. The first-order valence-corrected chi connectivity index (χ1v) is 11.2. The molecule has 11 heteroatoms. The van der Waals surface area contributed by atoms with Gasteiger partial charge in [-0.05, 0) is 57.1 Å². The first-order chi connectivity index (χ1) is 14.3. The zero-order valence-electron chi connectivity index (χ0n) is 16.8. The molecule has 1 atom stereocenters. The second kappa shape index (κ2) is 9.26. The quantitative estimate of drug-likeness (QED) is 0.559. The fourth-order valence-corrected chi connectivity index (χ4v) is 4.33. The highest BCUT2D eigenvalue weighted by Crippen LogP contribution is 2.18. The Hall–Kier alpha value is -2.92. The standard InChI is InChI=1S/C19H25N5O5S/c1-3-24-10-4-5-15(24)12-20-18(25)19(26)21-14-6-8-16(9-7-14)30(27,28)23-17-11-13(2)29-22-17/h6-9,11,15H,3-5,10,12H2,1-2H3,(H,20,25)(H,21,26)(H,22,23)/t15-/m0/s1. The maximum absolute atomic E-state index is 12.4. The van der Waals surface area contributed by atoms with Crippen LogP contribution in [0, 0.1) is 6.92 Å². The van der Waals surface area contributed by atoms with Crippen molar-refractivity contribution in [1.29, 1.82) is 0 Å². The van der Waals surface area contributed by atoms with Crippen LogP contribution in [0.3, 0.4) is 0 Å². The maximum Gasteiger partial charge on any atom is 0.313 e. The summed E-state index contributed by atoms with van der Waals surface area (Å²) in [5.74, 6) is -0.981. The van der Waals surface area contributed by atoms with E-state index in [4.69, 9.17) is 4.52 Å². The number of anilines is 2. The van der Waals surface area contributed by atoms with Gasteiger partial charge in [0.1, 0.15) is 5.76 Å². The Morgan fingerprint density at radius 3 is 2.60 bits per heavy atom. The highest BCUT2D eigenvalue weighted by Gasteiger charge is 2.24. The summed E-state index contributed by atoms with van der Waals surface area (Å²) < 4.78 is 31.9. The van der Waals surface area contributed by atoms with Crippen LogP contribution in [0.25, 0.3) is 0 Å². The van der Waals surface area contributed by atoms with Gasteiger partial charge in [-0.25, -0.2) is 8.42 Å². The van der Waals surface area contributed by atoms with E-state index in [0.29, 0.717) is 18.0 Å². The SMILES string of the molecule is CCN1CCC[C@H]1CNC(=O)C(=O)Nc1ccc(S(=O)(=O)Nc2cc(C)on2)cc1. The van der Waals surface area contributed by atoms with Crippen molar-refractivity contribution in [3.8, 4) is 0 Å². The molecule has 1 aromatic heterocycles. The molecule has 162 valence electrons. The molecule has 2 aromatic rings. The number of carbonyl (C=O) groups is 2. The van der Waals surface area contributed by atoms with E-state index >= 15 is 0 Å². The average molecular weight is 436 g/mol. The molecule has 2 heterocycles. The molecule has 0 spiro atoms. The third-order valence-corrected chi connectivity index (χ3v) is 6.27. The normalized spacial score (nSPS) is 16.9. The molecule has 3 rings (SSSR count). The molecular weight excluding hydrogens is 410 g/mol. The lowest BCUT2D eigenvalue weighted by molar-refractivity contribution is -0.136. The molecule has 1 aliphatic heterocycles. The minimum absolute atomic E-state index is 0.0218. The van der Waals surface area contributed by atoms with Crippen LogP contribution in [0.15, 0.2) is 39.8 Å². The summed E-state index contributed by atoms with van der Waals surface area (Å²) in [4.78, 5) is 26.4. The van der Waals surface area contributed by atoms with E-state index in [0.717, 1.165) is 25.9 Å². The van der Waals surface area contributed by atoms with Gasteiger partial charge in [-0.15, -0.1) is 0 Å². The molecular formula is C19H25N5O5S. The number of aryl methyl sites for hydroxylation is 1. The molecule has 1 aliphatic rings. The smallest absolute Gasteiger partial charge is 0.313 e. The lowest BCUT2D eigenvalue weighted by Crippen LogP contribution is -2.43. The van der Waals surface area contributed by atoms with Gasteiger partial charge in [0.2, 0.25) is 0 Å². The van der Waals surface area contributed by atoms with Crippen LogP contribution in [-0.2, 0) is 19.6 Å². The van der Waals surface area contributed by atoms with E-state index in [1.807, 2.05) is 0 Å². The van der Waals surface area contributed by atoms with Crippen molar-refractivity contribution < 1.29 is 22.5 Å². The summed E-state index contributed by atoms with van der Waals surface area (Å²) in [5, 5.41) is 8.72. The fraction of sp³-hybridized carbons (Fsp3) is 0.421. The van der Waals surface area contributed by atoms with Crippen molar-refractivity contribution in [3.63, 3.8) is 0 Å². The molecule has 0 radical (unpaired) electrons. The largest absolute Gasteiger partial charge is 0.360 e. The topological polar surface area (TPSA) is 134 Å². The number of hydrogen-bond donors (Lipinski definition) is 3. The Morgan fingerprint density at radius 2 is 1.97 bits per heavy atom. The second-order valence-electron chi connectivity index (χ2n) is 7.04. The number of amides is 2. The summed E-state index contributed by atoms with van der Waals surface area (Å²) in [5.41, 5.74) is 0.308. The van der Waals surface area contributed by atoms with Crippen molar-refractivity contribution in [2.75, 3.05) is 29.7 Å². The number of carbonyl (C=O) groups excluding carboxylic acids is 2. The Bertz CT molecular complexity index is 1000. The van der Waals surface area contributed by atoms with E-state index in [-0.39, 0.29) is 16.8 Å². The van der Waals surface area contributed by atoms with Gasteiger partial charge in [0.25, 0.3) is 10.0 Å². The number of benzene rings is 1. The number of rotatable bonds is 7. The van der Waals surface area contributed by atoms with E-state index < -0.39 is 21.8 Å². The Morgan fingerprint density at radius 1 is 1.23 bits per heavy atom. The van der Waals surface area contributed by atoms with Crippen LogP contribution < -0.4 is 15.4 Å². The van der Waals surface area contributed by atoms with Crippen LogP contribution in [0.5, 0.6) is 0 Å². The minimum Gasteiger partial charge on any atom is -0.360 e. The zero-order valence-corrected chi connectivity index (χ0v) is 17.7. The van der Waals surface area contributed by atoms with E-state index in [1.165, 1.54) is 30.3 Å². The second-order valence-corrected chi connectivity index (χ2v) is 8.72. The molecule has 1 saturated heterocycles. The summed E-state index contributed by atoms with van der Waals surface area (Å²) in [6, 6.07) is 7.15.